The number of carbonyl (C=O) groups excluding carboxylic acids is 3. The van der Waals surface area contributed by atoms with E-state index in [0.29, 0.717) is 51.1 Å². The normalized spacial score (nSPS) is 13.2. The molecule has 2 aliphatic rings. The lowest BCUT2D eigenvalue weighted by Crippen LogP contribution is -2.14. The number of anilines is 2. The molecule has 6 aromatic rings. The van der Waals surface area contributed by atoms with E-state index in [2.05, 4.69) is 45.4 Å². The number of halogens is 5. The highest BCUT2D eigenvalue weighted by Crippen LogP contribution is 2.35. The molecule has 4 heterocycles. The first-order valence-corrected chi connectivity index (χ1v) is 22.0. The number of aromatic nitrogens is 6. The second-order valence-electron chi connectivity index (χ2n) is 18.0. The Labute approximate surface area is 406 Å². The van der Waals surface area contributed by atoms with Crippen LogP contribution < -0.4 is 16.4 Å². The van der Waals surface area contributed by atoms with E-state index in [9.17, 15) is 23.6 Å². The number of hydrogen-bond donors (Lipinski definition) is 4. The van der Waals surface area contributed by atoms with Gasteiger partial charge < -0.3 is 30.5 Å². The molecule has 0 bridgehead atoms. The lowest BCUT2D eigenvalue weighted by atomic mass is 9.96. The van der Waals surface area contributed by atoms with Crippen LogP contribution in [-0.2, 0) is 33.4 Å². The van der Waals surface area contributed by atoms with Gasteiger partial charge in [-0.1, -0.05) is 99.3 Å². The molecule has 0 atom stereocenters. The maximum absolute atomic E-state index is 15.1. The lowest BCUT2D eigenvalue weighted by molar-refractivity contribution is -0.118. The van der Waals surface area contributed by atoms with Crippen LogP contribution in [0.4, 0.5) is 20.4 Å². The van der Waals surface area contributed by atoms with E-state index in [1.807, 2.05) is 41.5 Å². The van der Waals surface area contributed by atoms with Gasteiger partial charge in [0.05, 0.1) is 10.0 Å². The van der Waals surface area contributed by atoms with Crippen molar-refractivity contribution in [1.82, 2.24) is 30.2 Å². The topological polar surface area (TPSA) is 242 Å². The standard InChI is InChI=1S/C24H24ClFN4O3.C16H15ClFN3O.C7H10N2O3.ClH/c1-24(2,3)23-29-22(33-30-23)17(31)9-7-13-6-8-16(20(26)19(13)25)15-10-11-27-18(12-15)28-21(32)14-4-5-14;17-14-11(8-19)3-4-12(15(14)18)10-5-6-20-13(7-10)21-16(22)9-1-2-9;1-7(2,3)6-8-4(5(10)11)12-9-6;/h6,8,10-12,14H,4-5,7,9H2,1-3H3,(H,27,28,32);3-7,9H,1-2,8,19H2,(H,20,21,22);1-3H3,(H,10,11);1H. The zero-order valence-corrected chi connectivity index (χ0v) is 40.3. The summed E-state index contributed by atoms with van der Waals surface area (Å²) in [4.78, 5) is 62.6. The van der Waals surface area contributed by atoms with Crippen LogP contribution in [0.5, 0.6) is 0 Å². The maximum atomic E-state index is 15.1. The maximum Gasteiger partial charge on any atom is 0.394 e. The molecule has 5 N–H and O–H groups in total. The molecule has 4 aromatic heterocycles. The van der Waals surface area contributed by atoms with Crippen molar-refractivity contribution >= 4 is 70.8 Å². The predicted molar refractivity (Wildman–Crippen MR) is 253 cm³/mol. The fourth-order valence-electron chi connectivity index (χ4n) is 6.07. The van der Waals surface area contributed by atoms with Crippen LogP contribution in [0.25, 0.3) is 22.3 Å². The third-order valence-corrected chi connectivity index (χ3v) is 11.1. The summed E-state index contributed by atoms with van der Waals surface area (Å²) in [5.41, 5.74) is 7.73. The second-order valence-corrected chi connectivity index (χ2v) is 18.7. The number of Topliss-reactive ketones (excluding diaryl/α,β-unsaturated/α-hetero) is 1. The Hall–Kier alpha value is -6.21. The second kappa shape index (κ2) is 22.3. The summed E-state index contributed by atoms with van der Waals surface area (Å²) in [5.74, 6) is -1.43. The van der Waals surface area contributed by atoms with Crippen LogP contribution in [0.1, 0.15) is 118 Å². The third kappa shape index (κ3) is 13.7. The number of aromatic carboxylic acids is 1. The van der Waals surface area contributed by atoms with E-state index in [0.717, 1.165) is 25.7 Å². The number of nitrogens with one attached hydrogen (secondary N) is 2. The summed E-state index contributed by atoms with van der Waals surface area (Å²) in [6.45, 7) is 11.6. The van der Waals surface area contributed by atoms with Crippen molar-refractivity contribution < 1.29 is 42.1 Å². The summed E-state index contributed by atoms with van der Waals surface area (Å²) < 4.78 is 39.0. The predicted octanol–water partition coefficient (Wildman–Crippen LogP) is 10.2. The smallest absolute Gasteiger partial charge is 0.394 e. The molecule has 0 saturated heterocycles. The number of amides is 2. The van der Waals surface area contributed by atoms with Gasteiger partial charge in [0.25, 0.3) is 5.89 Å². The summed E-state index contributed by atoms with van der Waals surface area (Å²) >= 11 is 12.3. The number of nitrogens with two attached hydrogens (primary N) is 1. The summed E-state index contributed by atoms with van der Waals surface area (Å²) in [7, 11) is 0. The molecular formula is C47H50Cl3F2N9O7. The van der Waals surface area contributed by atoms with Gasteiger partial charge in [-0.3, -0.25) is 14.4 Å². The van der Waals surface area contributed by atoms with Crippen LogP contribution in [0.15, 0.2) is 70.0 Å². The highest BCUT2D eigenvalue weighted by Gasteiger charge is 2.31. The number of pyridine rings is 2. The molecule has 21 heteroatoms. The number of ketones is 1. The first-order valence-electron chi connectivity index (χ1n) is 21.3. The molecule has 0 aliphatic heterocycles. The summed E-state index contributed by atoms with van der Waals surface area (Å²) in [6.07, 6.45) is 6.90. The van der Waals surface area contributed by atoms with Gasteiger partial charge in [-0.15, -0.1) is 12.4 Å². The van der Waals surface area contributed by atoms with Crippen molar-refractivity contribution in [2.45, 2.75) is 97.4 Å². The molecule has 2 amide bonds. The van der Waals surface area contributed by atoms with E-state index >= 15 is 4.39 Å². The van der Waals surface area contributed by atoms with Crippen molar-refractivity contribution in [2.75, 3.05) is 10.6 Å². The fourth-order valence-corrected chi connectivity index (χ4v) is 6.57. The number of aryl methyl sites for hydroxylation is 1. The van der Waals surface area contributed by atoms with Crippen LogP contribution in [0, 0.1) is 23.5 Å². The molecule has 8 rings (SSSR count). The van der Waals surface area contributed by atoms with Crippen molar-refractivity contribution in [3.05, 3.63) is 117 Å². The van der Waals surface area contributed by atoms with Gasteiger partial charge in [0.2, 0.25) is 17.6 Å². The highest BCUT2D eigenvalue weighted by atomic mass is 35.5. The minimum Gasteiger partial charge on any atom is -0.474 e. The van der Waals surface area contributed by atoms with Gasteiger partial charge in [-0.25, -0.2) is 23.5 Å². The highest BCUT2D eigenvalue weighted by molar-refractivity contribution is 6.32. The van der Waals surface area contributed by atoms with Crippen molar-refractivity contribution in [1.29, 1.82) is 0 Å². The molecule has 0 unspecified atom stereocenters. The first kappa shape index (κ1) is 52.8. The van der Waals surface area contributed by atoms with Crippen LogP contribution in [0.3, 0.4) is 0 Å². The zero-order valence-electron chi connectivity index (χ0n) is 38.0. The Morgan fingerprint density at radius 3 is 1.53 bits per heavy atom. The average Bonchev–Trinajstić information content (AvgIpc) is 4.21. The van der Waals surface area contributed by atoms with Gasteiger partial charge in [0, 0.05) is 59.2 Å². The molecule has 360 valence electrons. The van der Waals surface area contributed by atoms with Crippen LogP contribution >= 0.6 is 35.6 Å². The third-order valence-electron chi connectivity index (χ3n) is 10.3. The van der Waals surface area contributed by atoms with Gasteiger partial charge in [0.15, 0.2) is 11.6 Å². The average molecular weight is 997 g/mol. The number of benzene rings is 2. The number of carboxylic acids is 1. The van der Waals surface area contributed by atoms with Crippen LogP contribution in [0.2, 0.25) is 10.0 Å². The monoisotopic (exact) mass is 995 g/mol. The lowest BCUT2D eigenvalue weighted by Gasteiger charge is -2.11. The van der Waals surface area contributed by atoms with E-state index in [4.69, 9.17) is 38.6 Å². The molecule has 2 aromatic carbocycles. The minimum atomic E-state index is -1.20. The Bertz CT molecular complexity index is 2800. The molecular weight excluding hydrogens is 947 g/mol. The van der Waals surface area contributed by atoms with Gasteiger partial charge in [0.1, 0.15) is 23.3 Å². The Morgan fingerprint density at radius 1 is 0.706 bits per heavy atom. The molecule has 2 saturated carbocycles. The quantitative estimate of drug-likeness (QED) is 0.0834. The van der Waals surface area contributed by atoms with Crippen LogP contribution in [-0.4, -0.2) is 58.9 Å². The summed E-state index contributed by atoms with van der Waals surface area (Å²) in [5, 5.41) is 21.3. The summed E-state index contributed by atoms with van der Waals surface area (Å²) in [6, 6.07) is 13.2. The molecule has 68 heavy (non-hydrogen) atoms. The number of rotatable bonds is 12. The largest absolute Gasteiger partial charge is 0.474 e. The van der Waals surface area contributed by atoms with E-state index in [1.54, 1.807) is 48.5 Å². The first-order chi connectivity index (χ1) is 31.6. The Morgan fingerprint density at radius 2 is 1.13 bits per heavy atom. The fraction of sp³-hybridized carbons (Fsp3) is 0.362. The van der Waals surface area contributed by atoms with E-state index < -0.39 is 17.6 Å². The molecule has 0 spiro atoms. The number of carboxylic acid groups (broad SMARTS) is 1. The van der Waals surface area contributed by atoms with E-state index in [-0.39, 0.29) is 99.4 Å². The molecule has 0 radical (unpaired) electrons. The Kier molecular flexibility index (Phi) is 17.3. The zero-order chi connectivity index (χ0) is 48.8. The Balaban J connectivity index is 0.000000212. The molecule has 16 nitrogen and oxygen atoms in total. The minimum absolute atomic E-state index is 0. The number of nitrogens with zero attached hydrogens (tertiary/aromatic N) is 6. The van der Waals surface area contributed by atoms with Crippen molar-refractivity contribution in [3.63, 3.8) is 0 Å². The SMILES string of the molecule is CC(C)(C)c1noc(C(=O)CCc2ccc(-c3ccnc(NC(=O)C4CC4)c3)c(F)c2Cl)n1.CC(C)(C)c1noc(C(=O)O)n1.Cl.NCc1ccc(-c2ccnc(NC(=O)C3CC3)c2)c(F)c1Cl. The van der Waals surface area contributed by atoms with E-state index in [1.165, 1.54) is 12.4 Å². The van der Waals surface area contributed by atoms with Crippen molar-refractivity contribution in [2.24, 2.45) is 17.6 Å². The van der Waals surface area contributed by atoms with Gasteiger partial charge in [-0.2, -0.15) is 9.97 Å². The van der Waals surface area contributed by atoms with Gasteiger partial charge >= 0.3 is 11.9 Å². The number of hydrogen-bond acceptors (Lipinski definition) is 13. The van der Waals surface area contributed by atoms with Crippen molar-refractivity contribution in [3.8, 4) is 22.3 Å². The number of carbonyl (C=O) groups is 4. The molecule has 2 aliphatic carbocycles. The van der Waals surface area contributed by atoms with Gasteiger partial charge in [-0.05, 0) is 78.6 Å². The molecule has 2 fully saturated rings.